The van der Waals surface area contributed by atoms with Crippen LogP contribution in [0.15, 0.2) is 11.8 Å². The van der Waals surface area contributed by atoms with Gasteiger partial charge in [-0.2, -0.15) is 5.10 Å². The Labute approximate surface area is 194 Å². The summed E-state index contributed by atoms with van der Waals surface area (Å²) in [6.07, 6.45) is 10.1. The van der Waals surface area contributed by atoms with E-state index in [9.17, 15) is 4.79 Å². The van der Waals surface area contributed by atoms with Gasteiger partial charge in [0.1, 0.15) is 23.7 Å². The van der Waals surface area contributed by atoms with Gasteiger partial charge in [-0.15, -0.1) is 4.68 Å². The van der Waals surface area contributed by atoms with E-state index < -0.39 is 11.4 Å². The molecule has 5 fully saturated rings. The summed E-state index contributed by atoms with van der Waals surface area (Å²) in [5.74, 6) is 0.406. The van der Waals surface area contributed by atoms with Gasteiger partial charge in [0.2, 0.25) is 5.79 Å². The van der Waals surface area contributed by atoms with E-state index in [-0.39, 0.29) is 30.3 Å². The quantitative estimate of drug-likeness (QED) is 0.659. The second-order valence-electron chi connectivity index (χ2n) is 11.7. The molecule has 1 aromatic heterocycles. The van der Waals surface area contributed by atoms with E-state index in [2.05, 4.69) is 42.8 Å². The molecule has 0 radical (unpaired) electrons. The Bertz CT molecular complexity index is 1050. The van der Waals surface area contributed by atoms with Gasteiger partial charge >= 0.3 is 0 Å². The third kappa shape index (κ3) is 2.35. The van der Waals surface area contributed by atoms with E-state index in [0.29, 0.717) is 30.6 Å². The third-order valence-electron chi connectivity index (χ3n) is 10.6. The summed E-state index contributed by atoms with van der Waals surface area (Å²) in [7, 11) is 0. The predicted octanol–water partition coefficient (Wildman–Crippen LogP) is 3.13. The fraction of sp³-hybridized carbons (Fsp3) is 0.769. The lowest BCUT2D eigenvalue weighted by Gasteiger charge is -2.59. The maximum absolute atomic E-state index is 14.1. The van der Waals surface area contributed by atoms with E-state index in [1.54, 1.807) is 0 Å². The van der Waals surface area contributed by atoms with Crippen molar-refractivity contribution in [1.82, 2.24) is 5.10 Å². The van der Waals surface area contributed by atoms with E-state index in [0.717, 1.165) is 38.6 Å². The molecule has 2 aliphatic heterocycles. The van der Waals surface area contributed by atoms with Crippen LogP contribution in [-0.2, 0) is 36.7 Å². The van der Waals surface area contributed by atoms with Crippen molar-refractivity contribution in [3.63, 3.8) is 0 Å². The van der Waals surface area contributed by atoms with Crippen molar-refractivity contribution in [3.8, 4) is 0 Å². The summed E-state index contributed by atoms with van der Waals surface area (Å²) in [5.41, 5.74) is 3.02. The number of aromatic nitrogens is 2. The molecule has 33 heavy (non-hydrogen) atoms. The molecule has 0 bridgehead atoms. The van der Waals surface area contributed by atoms with Crippen LogP contribution in [0.25, 0.3) is 6.08 Å². The molecule has 0 aromatic carbocycles. The third-order valence-corrected chi connectivity index (χ3v) is 10.6. The van der Waals surface area contributed by atoms with Gasteiger partial charge in [0.05, 0.1) is 0 Å². The van der Waals surface area contributed by atoms with Crippen molar-refractivity contribution < 1.29 is 28.4 Å². The van der Waals surface area contributed by atoms with Gasteiger partial charge in [0.25, 0.3) is 0 Å². The molecule has 1 unspecified atom stereocenters. The highest BCUT2D eigenvalue weighted by Gasteiger charge is 2.76. The van der Waals surface area contributed by atoms with Crippen molar-refractivity contribution in [2.75, 3.05) is 20.2 Å². The molecule has 6 aliphatic rings. The lowest BCUT2D eigenvalue weighted by molar-refractivity contribution is -0.747. The van der Waals surface area contributed by atoms with Crippen molar-refractivity contribution in [3.05, 3.63) is 23.0 Å². The average molecular weight is 456 g/mol. The molecule has 7 atom stereocenters. The topological polar surface area (TPSA) is 73.7 Å². The number of allylic oxidation sites excluding steroid dienone is 1. The van der Waals surface area contributed by atoms with E-state index in [1.807, 2.05) is 0 Å². The maximum Gasteiger partial charge on any atom is 0.226 e. The minimum absolute atomic E-state index is 0.0721. The highest BCUT2D eigenvalue weighted by Crippen LogP contribution is 2.70. The molecule has 2 spiro atoms. The summed E-state index contributed by atoms with van der Waals surface area (Å²) in [5, 5.41) is 3.52. The molecule has 178 valence electrons. The number of carbonyl (C=O) groups excluding carboxylic acids is 1. The first kappa shape index (κ1) is 20.8. The van der Waals surface area contributed by atoms with Gasteiger partial charge in [0.15, 0.2) is 26.3 Å². The number of aryl methyl sites for hydroxylation is 1. The number of ether oxygens (including phenoxy) is 4. The zero-order chi connectivity index (χ0) is 22.6. The fourth-order valence-electron chi connectivity index (χ4n) is 9.14. The number of Topliss-reactive ketones (excluding diaryl/α,β-unsaturated/α-hetero) is 1. The van der Waals surface area contributed by atoms with Crippen LogP contribution >= 0.6 is 0 Å². The van der Waals surface area contributed by atoms with Crippen molar-refractivity contribution in [1.29, 1.82) is 0 Å². The number of rotatable bonds is 1. The van der Waals surface area contributed by atoms with Crippen LogP contribution in [0.1, 0.15) is 64.1 Å². The first-order valence-electron chi connectivity index (χ1n) is 12.7. The Morgan fingerprint density at radius 3 is 2.79 bits per heavy atom. The van der Waals surface area contributed by atoms with Crippen LogP contribution in [0.2, 0.25) is 0 Å². The van der Waals surface area contributed by atoms with E-state index in [1.165, 1.54) is 16.8 Å². The summed E-state index contributed by atoms with van der Waals surface area (Å²) < 4.78 is 26.4. The van der Waals surface area contributed by atoms with Gasteiger partial charge in [-0.1, -0.05) is 19.4 Å². The monoisotopic (exact) mass is 455 g/mol. The number of fused-ring (bicyclic) bond motifs is 8. The van der Waals surface area contributed by atoms with Crippen LogP contribution in [0, 0.1) is 28.6 Å². The largest absolute Gasteiger partial charge is 0.350 e. The number of nitrogens with one attached hydrogen (secondary N) is 1. The summed E-state index contributed by atoms with van der Waals surface area (Å²) in [4.78, 5) is 14.1. The van der Waals surface area contributed by atoms with Crippen LogP contribution < -0.4 is 4.68 Å². The van der Waals surface area contributed by atoms with Crippen molar-refractivity contribution in [2.45, 2.75) is 77.2 Å². The molecule has 3 saturated carbocycles. The second-order valence-corrected chi connectivity index (χ2v) is 11.7. The van der Waals surface area contributed by atoms with Gasteiger partial charge in [0, 0.05) is 28.7 Å². The molecule has 7 rings (SSSR count). The van der Waals surface area contributed by atoms with Crippen LogP contribution in [-0.4, -0.2) is 42.5 Å². The predicted molar refractivity (Wildman–Crippen MR) is 118 cm³/mol. The Hall–Kier alpha value is -1.54. The lowest BCUT2D eigenvalue weighted by Crippen LogP contribution is -2.65. The SMILES string of the molecule is CC[n+]1cc2c([nH]1)C=C1CC[C@@H]3[C@H](C(=O)C[C@@]4(C)[C@H]3CC[C@@]43OCOC34COCO4)[C@@]1(C)C2. The number of H-pyrrole nitrogens is 1. The molecule has 7 nitrogen and oxygen atoms in total. The zero-order valence-electron chi connectivity index (χ0n) is 19.9. The second kappa shape index (κ2) is 6.56. The molecular weight excluding hydrogens is 420 g/mol. The lowest BCUT2D eigenvalue weighted by atomic mass is 9.45. The first-order valence-corrected chi connectivity index (χ1v) is 12.7. The Morgan fingerprint density at radius 1 is 1.15 bits per heavy atom. The fourth-order valence-corrected chi connectivity index (χ4v) is 9.14. The van der Waals surface area contributed by atoms with E-state index >= 15 is 0 Å². The van der Waals surface area contributed by atoms with Crippen LogP contribution in [0.5, 0.6) is 0 Å². The van der Waals surface area contributed by atoms with Crippen LogP contribution in [0.4, 0.5) is 0 Å². The van der Waals surface area contributed by atoms with Crippen molar-refractivity contribution >= 4 is 11.9 Å². The average Bonchev–Trinajstić information content (AvgIpc) is 3.55. The van der Waals surface area contributed by atoms with Crippen molar-refractivity contribution in [2.24, 2.45) is 28.6 Å². The number of hydrogen-bond acceptors (Lipinski definition) is 5. The number of carbonyl (C=O) groups is 1. The van der Waals surface area contributed by atoms with Crippen LogP contribution in [0.3, 0.4) is 0 Å². The number of hydrogen-bond donors (Lipinski definition) is 1. The van der Waals surface area contributed by atoms with Gasteiger partial charge in [-0.05, 0) is 56.9 Å². The highest BCUT2D eigenvalue weighted by atomic mass is 16.9. The standard InChI is InChI=1S/C26H34N2O5/c1-4-28-12-16-10-23(2)17(9-20(16)27-28)5-6-18-19-7-8-25(24(19,3)11-21(29)22(18)23)26(33-15-31-25)13-30-14-32-26/h9,12,18-19,22H,4-8,10-11,13-15H2,1-3H3/p+1/t18-,19-,22+,23-,24-,25+,26?/m0/s1. The minimum atomic E-state index is -0.869. The van der Waals surface area contributed by atoms with Gasteiger partial charge in [-0.25, -0.2) is 0 Å². The first-order chi connectivity index (χ1) is 15.9. The molecule has 3 heterocycles. The van der Waals surface area contributed by atoms with Gasteiger partial charge in [-0.3, -0.25) is 4.79 Å². The minimum Gasteiger partial charge on any atom is -0.350 e. The molecule has 2 saturated heterocycles. The summed E-state index contributed by atoms with van der Waals surface area (Å²) in [6, 6.07) is 0. The molecule has 1 N–H and O–H groups in total. The Balaban J connectivity index is 1.28. The molecule has 0 amide bonds. The molecular formula is C26H35N2O5+. The number of nitrogens with zero attached hydrogens (tertiary/aromatic N) is 1. The maximum atomic E-state index is 14.1. The van der Waals surface area contributed by atoms with Gasteiger partial charge < -0.3 is 18.9 Å². The molecule has 4 aliphatic carbocycles. The summed E-state index contributed by atoms with van der Waals surface area (Å²) >= 11 is 0. The number of aromatic amines is 1. The Morgan fingerprint density at radius 2 is 2.00 bits per heavy atom. The smallest absolute Gasteiger partial charge is 0.226 e. The normalized spacial score (nSPS) is 48.0. The molecule has 1 aromatic rings. The molecule has 7 heteroatoms. The highest BCUT2D eigenvalue weighted by molar-refractivity contribution is 5.86. The zero-order valence-corrected chi connectivity index (χ0v) is 19.9. The van der Waals surface area contributed by atoms with E-state index in [4.69, 9.17) is 18.9 Å². The number of ketones is 1. The summed E-state index contributed by atoms with van der Waals surface area (Å²) in [6.45, 7) is 8.55. The Kier molecular flexibility index (Phi) is 4.14.